The van der Waals surface area contributed by atoms with Crippen LogP contribution in [-0.2, 0) is 16.0 Å². The Bertz CT molecular complexity index is 1180. The van der Waals surface area contributed by atoms with Crippen LogP contribution >= 0.6 is 22.6 Å². The van der Waals surface area contributed by atoms with Crippen molar-refractivity contribution in [2.75, 3.05) is 23.8 Å². The third-order valence-corrected chi connectivity index (χ3v) is 6.30. The lowest BCUT2D eigenvalue weighted by molar-refractivity contribution is -0.118. The van der Waals surface area contributed by atoms with Gasteiger partial charge in [0.15, 0.2) is 6.61 Å². The second-order valence-corrected chi connectivity index (χ2v) is 9.82. The fourth-order valence-electron chi connectivity index (χ4n) is 3.63. The van der Waals surface area contributed by atoms with Crippen molar-refractivity contribution in [1.29, 1.82) is 0 Å². The maximum Gasteiger partial charge on any atom is 0.262 e. The minimum absolute atomic E-state index is 0.195. The number of anilines is 2. The van der Waals surface area contributed by atoms with Gasteiger partial charge in [-0.1, -0.05) is 50.5 Å². The second-order valence-electron chi connectivity index (χ2n) is 8.58. The Balaban J connectivity index is 1.45. The van der Waals surface area contributed by atoms with Crippen molar-refractivity contribution in [3.8, 4) is 5.75 Å². The van der Waals surface area contributed by atoms with Crippen molar-refractivity contribution in [1.82, 2.24) is 5.32 Å². The van der Waals surface area contributed by atoms with Gasteiger partial charge in [-0.15, -0.1) is 0 Å². The summed E-state index contributed by atoms with van der Waals surface area (Å²) in [5, 5.41) is 8.16. The monoisotopic (exact) mass is 613 g/mol. The summed E-state index contributed by atoms with van der Waals surface area (Å²) in [7, 11) is 0. The average Bonchev–Trinajstić information content (AvgIpc) is 2.91. The molecule has 0 radical (unpaired) electrons. The molecule has 0 saturated carbocycles. The van der Waals surface area contributed by atoms with Crippen molar-refractivity contribution in [3.63, 3.8) is 0 Å². The number of halogens is 1. The molecular formula is C29H32IN3O4. The van der Waals surface area contributed by atoms with Crippen LogP contribution in [0.15, 0.2) is 72.8 Å². The molecule has 0 aliphatic carbocycles. The number of para-hydroxylation sites is 1. The Kier molecular flexibility index (Phi) is 11.4. The topological polar surface area (TPSA) is 96.5 Å². The minimum Gasteiger partial charge on any atom is -0.483 e. The van der Waals surface area contributed by atoms with Crippen molar-refractivity contribution in [2.45, 2.75) is 39.0 Å². The lowest BCUT2D eigenvalue weighted by atomic mass is 10.1. The molecule has 37 heavy (non-hydrogen) atoms. The second kappa shape index (κ2) is 15.0. The largest absolute Gasteiger partial charge is 0.483 e. The first-order chi connectivity index (χ1) is 17.9. The van der Waals surface area contributed by atoms with Crippen LogP contribution in [0.25, 0.3) is 0 Å². The number of hydrogen-bond acceptors (Lipinski definition) is 4. The summed E-state index contributed by atoms with van der Waals surface area (Å²) >= 11 is 2.19. The van der Waals surface area contributed by atoms with E-state index in [1.165, 1.54) is 24.8 Å². The Morgan fingerprint density at radius 2 is 1.43 bits per heavy atom. The first kappa shape index (κ1) is 28.2. The Morgan fingerprint density at radius 1 is 0.784 bits per heavy atom. The zero-order valence-corrected chi connectivity index (χ0v) is 23.0. The lowest BCUT2D eigenvalue weighted by Gasteiger charge is -2.12. The molecule has 0 fully saturated rings. The van der Waals surface area contributed by atoms with E-state index in [9.17, 15) is 14.4 Å². The summed E-state index contributed by atoms with van der Waals surface area (Å²) in [4.78, 5) is 37.3. The van der Waals surface area contributed by atoms with Crippen LogP contribution in [0.5, 0.6) is 5.75 Å². The van der Waals surface area contributed by atoms with Gasteiger partial charge in [0.05, 0.1) is 12.1 Å². The van der Waals surface area contributed by atoms with Gasteiger partial charge in [-0.05, 0) is 89.5 Å². The number of ether oxygens (including phenoxy) is 1. The van der Waals surface area contributed by atoms with Gasteiger partial charge in [0, 0.05) is 14.9 Å². The van der Waals surface area contributed by atoms with E-state index in [1.807, 2.05) is 36.4 Å². The van der Waals surface area contributed by atoms with Gasteiger partial charge in [0.2, 0.25) is 5.91 Å². The predicted octanol–water partition coefficient (Wildman–Crippen LogP) is 5.80. The van der Waals surface area contributed by atoms with Crippen molar-refractivity contribution in [2.24, 2.45) is 0 Å². The number of unbranched alkanes of at least 4 members (excludes halogenated alkanes) is 3. The van der Waals surface area contributed by atoms with Crippen LogP contribution in [0, 0.1) is 3.57 Å². The van der Waals surface area contributed by atoms with E-state index >= 15 is 0 Å². The van der Waals surface area contributed by atoms with Crippen LogP contribution in [0.1, 0.15) is 48.5 Å². The molecule has 8 heteroatoms. The zero-order chi connectivity index (χ0) is 26.5. The number of nitrogens with one attached hydrogen (secondary N) is 3. The van der Waals surface area contributed by atoms with Gasteiger partial charge < -0.3 is 20.7 Å². The third kappa shape index (κ3) is 9.87. The van der Waals surface area contributed by atoms with Gasteiger partial charge in [-0.25, -0.2) is 0 Å². The van der Waals surface area contributed by atoms with Crippen LogP contribution in [0.3, 0.4) is 0 Å². The molecule has 0 aliphatic heterocycles. The number of carbonyl (C=O) groups is 3. The van der Waals surface area contributed by atoms with E-state index in [2.05, 4.69) is 45.5 Å². The molecule has 0 bridgehead atoms. The van der Waals surface area contributed by atoms with E-state index in [0.29, 0.717) is 11.4 Å². The maximum atomic E-state index is 12.7. The molecule has 0 saturated heterocycles. The number of amides is 3. The molecule has 0 aliphatic rings. The first-order valence-electron chi connectivity index (χ1n) is 12.4. The maximum absolute atomic E-state index is 12.7. The highest BCUT2D eigenvalue weighted by Gasteiger charge is 2.15. The molecule has 3 aromatic carbocycles. The predicted molar refractivity (Wildman–Crippen MR) is 155 cm³/mol. The number of aryl methyl sites for hydroxylation is 1. The molecule has 0 unspecified atom stereocenters. The van der Waals surface area contributed by atoms with Gasteiger partial charge in [-0.2, -0.15) is 0 Å². The highest BCUT2D eigenvalue weighted by Crippen LogP contribution is 2.18. The molecule has 3 rings (SSSR count). The summed E-state index contributed by atoms with van der Waals surface area (Å²) in [5.74, 6) is -0.888. The van der Waals surface area contributed by atoms with Gasteiger partial charge >= 0.3 is 0 Å². The van der Waals surface area contributed by atoms with E-state index in [-0.39, 0.29) is 36.3 Å². The number of rotatable bonds is 13. The van der Waals surface area contributed by atoms with Crippen LogP contribution < -0.4 is 20.7 Å². The molecule has 194 valence electrons. The quantitative estimate of drug-likeness (QED) is 0.168. The van der Waals surface area contributed by atoms with Crippen LogP contribution in [0.2, 0.25) is 0 Å². The standard InChI is InChI=1S/C29H32IN3O4/c1-2-3-4-5-8-21-11-15-23(16-12-21)32-27(34)19-31-29(36)25-9-6-7-10-26(25)37-20-28(35)33-24-17-13-22(30)14-18-24/h6-7,9-18H,2-5,8,19-20H2,1H3,(H,31,36)(H,32,34)(H,33,35). The molecule has 3 N–H and O–H groups in total. The molecule has 0 aromatic heterocycles. The molecule has 3 aromatic rings. The van der Waals surface area contributed by atoms with Crippen molar-refractivity contribution in [3.05, 3.63) is 87.5 Å². The zero-order valence-electron chi connectivity index (χ0n) is 20.9. The highest BCUT2D eigenvalue weighted by atomic mass is 127. The number of hydrogen-bond donors (Lipinski definition) is 3. The SMILES string of the molecule is CCCCCCc1ccc(NC(=O)CNC(=O)c2ccccc2OCC(=O)Nc2ccc(I)cc2)cc1. The van der Waals surface area contributed by atoms with E-state index in [4.69, 9.17) is 4.74 Å². The Labute approximate surface area is 231 Å². The van der Waals surface area contributed by atoms with Crippen molar-refractivity contribution < 1.29 is 19.1 Å². The first-order valence-corrected chi connectivity index (χ1v) is 13.5. The van der Waals surface area contributed by atoms with Crippen LogP contribution in [0.4, 0.5) is 11.4 Å². The normalized spacial score (nSPS) is 10.4. The summed E-state index contributed by atoms with van der Waals surface area (Å²) in [6, 6.07) is 21.7. The lowest BCUT2D eigenvalue weighted by Crippen LogP contribution is -2.33. The molecule has 7 nitrogen and oxygen atoms in total. The van der Waals surface area contributed by atoms with E-state index in [0.717, 1.165) is 16.4 Å². The summed E-state index contributed by atoms with van der Waals surface area (Å²) in [6.07, 6.45) is 5.88. The Morgan fingerprint density at radius 3 is 2.14 bits per heavy atom. The number of carbonyl (C=O) groups excluding carboxylic acids is 3. The van der Waals surface area contributed by atoms with Gasteiger partial charge in [0.25, 0.3) is 11.8 Å². The van der Waals surface area contributed by atoms with Crippen LogP contribution in [-0.4, -0.2) is 30.9 Å². The molecule has 0 spiro atoms. The summed E-state index contributed by atoms with van der Waals surface area (Å²) in [5.41, 5.74) is 2.82. The summed E-state index contributed by atoms with van der Waals surface area (Å²) in [6.45, 7) is 1.74. The fraction of sp³-hybridized carbons (Fsp3) is 0.276. The van der Waals surface area contributed by atoms with Gasteiger partial charge in [0.1, 0.15) is 5.75 Å². The summed E-state index contributed by atoms with van der Waals surface area (Å²) < 4.78 is 6.66. The Hall–Kier alpha value is -3.40. The third-order valence-electron chi connectivity index (χ3n) is 5.58. The van der Waals surface area contributed by atoms with Crippen molar-refractivity contribution >= 4 is 51.7 Å². The molecular weight excluding hydrogens is 581 g/mol. The fourth-order valence-corrected chi connectivity index (χ4v) is 3.98. The van der Waals surface area contributed by atoms with E-state index < -0.39 is 5.91 Å². The highest BCUT2D eigenvalue weighted by molar-refractivity contribution is 14.1. The minimum atomic E-state index is -0.466. The molecule has 0 heterocycles. The number of benzene rings is 3. The smallest absolute Gasteiger partial charge is 0.262 e. The molecule has 0 atom stereocenters. The van der Waals surface area contributed by atoms with Gasteiger partial charge in [-0.3, -0.25) is 14.4 Å². The van der Waals surface area contributed by atoms with E-state index in [1.54, 1.807) is 36.4 Å². The molecule has 3 amide bonds. The average molecular weight is 613 g/mol.